The lowest BCUT2D eigenvalue weighted by Gasteiger charge is -2.25. The summed E-state index contributed by atoms with van der Waals surface area (Å²) in [6.07, 6.45) is 1.38. The van der Waals surface area contributed by atoms with Crippen LogP contribution in [0.1, 0.15) is 35.2 Å². The highest BCUT2D eigenvalue weighted by atomic mass is 16.5. The van der Waals surface area contributed by atoms with E-state index in [9.17, 15) is 14.7 Å². The Morgan fingerprint density at radius 1 is 1.06 bits per heavy atom. The number of fused-ring (bicyclic) bond motifs is 1. The minimum atomic E-state index is -0.701. The number of likely N-dealkylation sites (tertiary alicyclic amines) is 1. The first-order valence-electron chi connectivity index (χ1n) is 11.7. The molecular weight excluding hydrogens is 442 g/mol. The molecule has 35 heavy (non-hydrogen) atoms. The Kier molecular flexibility index (Phi) is 6.03. The lowest BCUT2D eigenvalue weighted by atomic mass is 9.94. The van der Waals surface area contributed by atoms with Crippen molar-refractivity contribution in [2.75, 3.05) is 13.7 Å². The van der Waals surface area contributed by atoms with Crippen molar-refractivity contribution in [2.24, 2.45) is 0 Å². The van der Waals surface area contributed by atoms with Crippen molar-refractivity contribution in [1.29, 1.82) is 0 Å². The maximum absolute atomic E-state index is 13.3. The first kappa shape index (κ1) is 22.7. The van der Waals surface area contributed by atoms with E-state index >= 15 is 0 Å². The molecule has 2 aliphatic heterocycles. The van der Waals surface area contributed by atoms with E-state index in [-0.39, 0.29) is 17.4 Å². The summed E-state index contributed by atoms with van der Waals surface area (Å²) in [5, 5.41) is 11.4. The fourth-order valence-corrected chi connectivity index (χ4v) is 4.86. The molecule has 1 amide bonds. The fourth-order valence-electron chi connectivity index (χ4n) is 4.86. The normalized spacial score (nSPS) is 20.6. The maximum Gasteiger partial charge on any atom is 0.295 e. The topological polar surface area (TPSA) is 76.1 Å². The summed E-state index contributed by atoms with van der Waals surface area (Å²) in [5.41, 5.74) is 3.37. The Bertz CT molecular complexity index is 1300. The molecule has 0 aliphatic carbocycles. The number of carbonyl (C=O) groups excluding carboxylic acids is 2. The van der Waals surface area contributed by atoms with Gasteiger partial charge in [0.2, 0.25) is 0 Å². The van der Waals surface area contributed by atoms with E-state index in [2.05, 4.69) is 0 Å². The highest BCUT2D eigenvalue weighted by Crippen LogP contribution is 2.41. The summed E-state index contributed by atoms with van der Waals surface area (Å²) in [4.78, 5) is 28.0. The molecule has 0 saturated carbocycles. The van der Waals surface area contributed by atoms with Gasteiger partial charge in [-0.2, -0.15) is 0 Å². The molecule has 2 atom stereocenters. The van der Waals surface area contributed by atoms with Crippen LogP contribution in [0.25, 0.3) is 5.76 Å². The highest BCUT2D eigenvalue weighted by Gasteiger charge is 2.46. The maximum atomic E-state index is 13.3. The molecule has 2 heterocycles. The van der Waals surface area contributed by atoms with E-state index < -0.39 is 17.7 Å². The molecule has 1 fully saturated rings. The molecule has 2 unspecified atom stereocenters. The van der Waals surface area contributed by atoms with Gasteiger partial charge in [-0.3, -0.25) is 9.59 Å². The van der Waals surface area contributed by atoms with Gasteiger partial charge in [0.15, 0.2) is 0 Å². The second-order valence-electron chi connectivity index (χ2n) is 8.96. The quantitative estimate of drug-likeness (QED) is 0.322. The van der Waals surface area contributed by atoms with E-state index in [4.69, 9.17) is 9.47 Å². The minimum absolute atomic E-state index is 0.0604. The summed E-state index contributed by atoms with van der Waals surface area (Å²) in [6.45, 7) is 2.33. The van der Waals surface area contributed by atoms with Gasteiger partial charge < -0.3 is 19.5 Å². The SMILES string of the molecule is COc1ccc(C2C(=C(O)c3ccc4c(c3)CC(C)O4)C(=O)C(=O)N2CCc2ccccc2)cc1. The van der Waals surface area contributed by atoms with Crippen LogP contribution in [0.2, 0.25) is 0 Å². The van der Waals surface area contributed by atoms with Gasteiger partial charge in [0.1, 0.15) is 23.4 Å². The zero-order valence-electron chi connectivity index (χ0n) is 19.7. The molecule has 1 saturated heterocycles. The van der Waals surface area contributed by atoms with E-state index in [1.165, 1.54) is 0 Å². The zero-order chi connectivity index (χ0) is 24.5. The number of benzene rings is 3. The Morgan fingerprint density at radius 3 is 2.51 bits per heavy atom. The van der Waals surface area contributed by atoms with Crippen molar-refractivity contribution >= 4 is 17.4 Å². The number of rotatable bonds is 6. The predicted octanol–water partition coefficient (Wildman–Crippen LogP) is 4.68. The van der Waals surface area contributed by atoms with E-state index in [1.54, 1.807) is 30.2 Å². The van der Waals surface area contributed by atoms with Gasteiger partial charge in [0, 0.05) is 18.5 Å². The van der Waals surface area contributed by atoms with Crippen LogP contribution in [0.15, 0.2) is 78.4 Å². The van der Waals surface area contributed by atoms with E-state index in [1.807, 2.05) is 61.5 Å². The summed E-state index contributed by atoms with van der Waals surface area (Å²) >= 11 is 0. The van der Waals surface area contributed by atoms with Gasteiger partial charge in [0.05, 0.1) is 18.7 Å². The smallest absolute Gasteiger partial charge is 0.295 e. The molecule has 178 valence electrons. The number of ether oxygens (including phenoxy) is 2. The third kappa shape index (κ3) is 4.28. The number of aliphatic hydroxyl groups is 1. The minimum Gasteiger partial charge on any atom is -0.507 e. The summed E-state index contributed by atoms with van der Waals surface area (Å²) in [6, 6.07) is 21.7. The third-order valence-electron chi connectivity index (χ3n) is 6.63. The molecule has 1 N–H and O–H groups in total. The molecule has 6 nitrogen and oxygen atoms in total. The molecule has 0 spiro atoms. The standard InChI is InChI=1S/C29H27NO5/c1-18-16-22-17-21(10-13-24(22)35-18)27(31)25-26(20-8-11-23(34-2)12-9-20)30(29(33)28(25)32)15-14-19-6-4-3-5-7-19/h3-13,17-18,26,31H,14-16H2,1-2H3. The molecule has 0 aromatic heterocycles. The molecule has 5 rings (SSSR count). The molecule has 3 aromatic rings. The molecular formula is C29H27NO5. The number of carbonyl (C=O) groups is 2. The van der Waals surface area contributed by atoms with Crippen LogP contribution in [0, 0.1) is 0 Å². The number of nitrogens with zero attached hydrogens (tertiary/aromatic N) is 1. The van der Waals surface area contributed by atoms with Crippen LogP contribution in [0.4, 0.5) is 0 Å². The second kappa shape index (κ2) is 9.29. The van der Waals surface area contributed by atoms with Gasteiger partial charge in [-0.15, -0.1) is 0 Å². The Balaban J connectivity index is 1.57. The number of hydrogen-bond acceptors (Lipinski definition) is 5. The lowest BCUT2D eigenvalue weighted by molar-refractivity contribution is -0.139. The van der Waals surface area contributed by atoms with E-state index in [0.29, 0.717) is 24.3 Å². The number of amides is 1. The van der Waals surface area contributed by atoms with Gasteiger partial charge in [-0.25, -0.2) is 0 Å². The van der Waals surface area contributed by atoms with Gasteiger partial charge in [-0.1, -0.05) is 42.5 Å². The van der Waals surface area contributed by atoms with Crippen LogP contribution >= 0.6 is 0 Å². The fraction of sp³-hybridized carbons (Fsp3) is 0.241. The molecule has 2 aliphatic rings. The average molecular weight is 470 g/mol. The zero-order valence-corrected chi connectivity index (χ0v) is 19.7. The van der Waals surface area contributed by atoms with Gasteiger partial charge in [-0.05, 0) is 60.4 Å². The highest BCUT2D eigenvalue weighted by molar-refractivity contribution is 6.46. The Morgan fingerprint density at radius 2 is 1.80 bits per heavy atom. The predicted molar refractivity (Wildman–Crippen MR) is 132 cm³/mol. The largest absolute Gasteiger partial charge is 0.507 e. The number of ketones is 1. The van der Waals surface area contributed by atoms with Crippen molar-refractivity contribution in [3.8, 4) is 11.5 Å². The van der Waals surface area contributed by atoms with Crippen LogP contribution in [-0.2, 0) is 22.4 Å². The first-order valence-corrected chi connectivity index (χ1v) is 11.7. The molecule has 3 aromatic carbocycles. The average Bonchev–Trinajstić information content (AvgIpc) is 3.38. The summed E-state index contributed by atoms with van der Waals surface area (Å²) in [5.74, 6) is -0.0107. The Hall–Kier alpha value is -4.06. The number of aliphatic hydroxyl groups excluding tert-OH is 1. The van der Waals surface area contributed by atoms with Crippen LogP contribution < -0.4 is 9.47 Å². The summed E-state index contributed by atoms with van der Waals surface area (Å²) < 4.78 is 11.1. The van der Waals surface area contributed by atoms with Gasteiger partial charge in [0.25, 0.3) is 11.7 Å². The summed E-state index contributed by atoms with van der Waals surface area (Å²) in [7, 11) is 1.58. The number of hydrogen-bond donors (Lipinski definition) is 1. The molecule has 0 radical (unpaired) electrons. The monoisotopic (exact) mass is 469 g/mol. The van der Waals surface area contributed by atoms with Crippen LogP contribution in [0.5, 0.6) is 11.5 Å². The Labute approximate surface area is 204 Å². The number of methoxy groups -OCH3 is 1. The second-order valence-corrected chi connectivity index (χ2v) is 8.96. The van der Waals surface area contributed by atoms with Crippen molar-refractivity contribution in [3.05, 3.63) is 101 Å². The molecule has 0 bridgehead atoms. The van der Waals surface area contributed by atoms with Crippen molar-refractivity contribution < 1.29 is 24.2 Å². The van der Waals surface area contributed by atoms with Crippen molar-refractivity contribution in [3.63, 3.8) is 0 Å². The number of Topliss-reactive ketones (excluding diaryl/α,β-unsaturated/α-hetero) is 1. The van der Waals surface area contributed by atoms with Crippen LogP contribution in [-0.4, -0.2) is 41.5 Å². The van der Waals surface area contributed by atoms with Crippen molar-refractivity contribution in [2.45, 2.75) is 31.9 Å². The first-order chi connectivity index (χ1) is 17.0. The lowest BCUT2D eigenvalue weighted by Crippen LogP contribution is -2.31. The van der Waals surface area contributed by atoms with Gasteiger partial charge >= 0.3 is 0 Å². The van der Waals surface area contributed by atoms with Crippen molar-refractivity contribution in [1.82, 2.24) is 4.90 Å². The van der Waals surface area contributed by atoms with Crippen LogP contribution in [0.3, 0.4) is 0 Å². The molecule has 6 heteroatoms. The van der Waals surface area contributed by atoms with E-state index in [0.717, 1.165) is 28.9 Å². The third-order valence-corrected chi connectivity index (χ3v) is 6.63.